The first-order valence-corrected chi connectivity index (χ1v) is 6.04. The standard InChI is InChI=1S/C15H20O2/c1-12(2)11-14(15(16)17)10-6-9-13-7-4-3-5-8-13/h3-9,12,14H,10-11H2,1-2H3,(H,16,17). The summed E-state index contributed by atoms with van der Waals surface area (Å²) in [7, 11) is 0. The van der Waals surface area contributed by atoms with Gasteiger partial charge in [-0.2, -0.15) is 0 Å². The molecule has 0 heterocycles. The summed E-state index contributed by atoms with van der Waals surface area (Å²) in [5.74, 6) is -0.549. The number of allylic oxidation sites excluding steroid dienone is 1. The van der Waals surface area contributed by atoms with E-state index in [0.29, 0.717) is 12.3 Å². The third kappa shape index (κ3) is 5.34. The van der Waals surface area contributed by atoms with Gasteiger partial charge < -0.3 is 5.11 Å². The second kappa shape index (κ2) is 6.89. The molecule has 1 N–H and O–H groups in total. The predicted octanol–water partition coefficient (Wildman–Crippen LogP) is 3.84. The highest BCUT2D eigenvalue weighted by atomic mass is 16.4. The lowest BCUT2D eigenvalue weighted by atomic mass is 9.94. The van der Waals surface area contributed by atoms with Crippen molar-refractivity contribution in [1.82, 2.24) is 0 Å². The lowest BCUT2D eigenvalue weighted by Crippen LogP contribution is -2.15. The molecule has 0 saturated heterocycles. The van der Waals surface area contributed by atoms with E-state index in [-0.39, 0.29) is 5.92 Å². The summed E-state index contributed by atoms with van der Waals surface area (Å²) >= 11 is 0. The van der Waals surface area contributed by atoms with Crippen LogP contribution in [0.4, 0.5) is 0 Å². The number of carboxylic acid groups (broad SMARTS) is 1. The zero-order chi connectivity index (χ0) is 12.7. The van der Waals surface area contributed by atoms with Gasteiger partial charge in [-0.15, -0.1) is 0 Å². The van der Waals surface area contributed by atoms with Gasteiger partial charge in [-0.1, -0.05) is 56.3 Å². The molecule has 2 heteroatoms. The lowest BCUT2D eigenvalue weighted by molar-refractivity contribution is -0.142. The van der Waals surface area contributed by atoms with Gasteiger partial charge in [0.15, 0.2) is 0 Å². The summed E-state index contributed by atoms with van der Waals surface area (Å²) in [6.07, 6.45) is 5.27. The molecule has 1 unspecified atom stereocenters. The highest BCUT2D eigenvalue weighted by molar-refractivity contribution is 5.70. The van der Waals surface area contributed by atoms with Gasteiger partial charge in [0, 0.05) is 0 Å². The van der Waals surface area contributed by atoms with Crippen molar-refractivity contribution in [2.75, 3.05) is 0 Å². The van der Waals surface area contributed by atoms with Crippen LogP contribution in [0.3, 0.4) is 0 Å². The van der Waals surface area contributed by atoms with E-state index in [9.17, 15) is 4.79 Å². The fraction of sp³-hybridized carbons (Fsp3) is 0.400. The topological polar surface area (TPSA) is 37.3 Å². The van der Waals surface area contributed by atoms with Crippen LogP contribution in [0.15, 0.2) is 36.4 Å². The van der Waals surface area contributed by atoms with Crippen molar-refractivity contribution < 1.29 is 9.90 Å². The molecular weight excluding hydrogens is 212 g/mol. The molecule has 0 radical (unpaired) electrons. The van der Waals surface area contributed by atoms with Gasteiger partial charge in [-0.05, 0) is 24.3 Å². The van der Waals surface area contributed by atoms with E-state index in [0.717, 1.165) is 12.0 Å². The van der Waals surface area contributed by atoms with Crippen molar-refractivity contribution in [1.29, 1.82) is 0 Å². The van der Waals surface area contributed by atoms with Crippen LogP contribution in [0.2, 0.25) is 0 Å². The Bertz CT molecular complexity index is 366. The summed E-state index contributed by atoms with van der Waals surface area (Å²) in [6, 6.07) is 9.94. The van der Waals surface area contributed by atoms with Gasteiger partial charge >= 0.3 is 5.97 Å². The van der Waals surface area contributed by atoms with Gasteiger partial charge in [0.2, 0.25) is 0 Å². The predicted molar refractivity (Wildman–Crippen MR) is 70.7 cm³/mol. The molecular formula is C15H20O2. The largest absolute Gasteiger partial charge is 0.481 e. The van der Waals surface area contributed by atoms with Gasteiger partial charge in [-0.3, -0.25) is 4.79 Å². The van der Waals surface area contributed by atoms with Crippen LogP contribution < -0.4 is 0 Å². The van der Waals surface area contributed by atoms with Crippen LogP contribution in [0.5, 0.6) is 0 Å². The fourth-order valence-electron chi connectivity index (χ4n) is 1.80. The van der Waals surface area contributed by atoms with E-state index >= 15 is 0 Å². The summed E-state index contributed by atoms with van der Waals surface area (Å²) in [4.78, 5) is 11.0. The minimum atomic E-state index is -0.698. The molecule has 0 fully saturated rings. The molecule has 0 aliphatic rings. The second-order valence-electron chi connectivity index (χ2n) is 4.71. The van der Waals surface area contributed by atoms with E-state index in [1.807, 2.05) is 42.5 Å². The normalized spacial score (nSPS) is 13.1. The Hall–Kier alpha value is -1.57. The van der Waals surface area contributed by atoms with Gasteiger partial charge in [0.05, 0.1) is 5.92 Å². The Balaban J connectivity index is 2.52. The molecule has 1 aromatic rings. The molecule has 2 nitrogen and oxygen atoms in total. The van der Waals surface area contributed by atoms with Crippen LogP contribution in [-0.2, 0) is 4.79 Å². The Morgan fingerprint density at radius 2 is 1.94 bits per heavy atom. The average Bonchev–Trinajstić information content (AvgIpc) is 2.28. The number of carboxylic acids is 1. The lowest BCUT2D eigenvalue weighted by Gasteiger charge is -2.12. The van der Waals surface area contributed by atoms with Crippen LogP contribution in [0, 0.1) is 11.8 Å². The van der Waals surface area contributed by atoms with Crippen LogP contribution >= 0.6 is 0 Å². The third-order valence-corrected chi connectivity index (χ3v) is 2.64. The first kappa shape index (κ1) is 13.5. The molecule has 0 aliphatic heterocycles. The van der Waals surface area contributed by atoms with Crippen molar-refractivity contribution in [2.45, 2.75) is 26.7 Å². The molecule has 92 valence electrons. The number of carbonyl (C=O) groups is 1. The maximum atomic E-state index is 11.0. The van der Waals surface area contributed by atoms with E-state index in [1.165, 1.54) is 0 Å². The van der Waals surface area contributed by atoms with Gasteiger partial charge in [-0.25, -0.2) is 0 Å². The number of hydrogen-bond acceptors (Lipinski definition) is 1. The van der Waals surface area contributed by atoms with Crippen LogP contribution in [-0.4, -0.2) is 11.1 Å². The molecule has 0 amide bonds. The Labute approximate surface area is 103 Å². The van der Waals surface area contributed by atoms with Crippen molar-refractivity contribution in [3.63, 3.8) is 0 Å². The molecule has 0 spiro atoms. The van der Waals surface area contributed by atoms with E-state index in [2.05, 4.69) is 13.8 Å². The maximum Gasteiger partial charge on any atom is 0.306 e. The molecule has 0 saturated carbocycles. The SMILES string of the molecule is CC(C)CC(CC=Cc1ccccc1)C(=O)O. The molecule has 17 heavy (non-hydrogen) atoms. The monoisotopic (exact) mass is 232 g/mol. The Kier molecular flexibility index (Phi) is 5.47. The van der Waals surface area contributed by atoms with Crippen LogP contribution in [0.25, 0.3) is 6.08 Å². The third-order valence-electron chi connectivity index (χ3n) is 2.64. The van der Waals surface area contributed by atoms with E-state index in [4.69, 9.17) is 5.11 Å². The fourth-order valence-corrected chi connectivity index (χ4v) is 1.80. The smallest absolute Gasteiger partial charge is 0.306 e. The average molecular weight is 232 g/mol. The Morgan fingerprint density at radius 3 is 2.47 bits per heavy atom. The summed E-state index contributed by atoms with van der Waals surface area (Å²) in [6.45, 7) is 4.10. The number of rotatable bonds is 6. The van der Waals surface area contributed by atoms with Crippen LogP contribution in [0.1, 0.15) is 32.3 Å². The Morgan fingerprint density at radius 1 is 1.29 bits per heavy atom. The summed E-state index contributed by atoms with van der Waals surface area (Å²) < 4.78 is 0. The first-order valence-electron chi connectivity index (χ1n) is 6.04. The highest BCUT2D eigenvalue weighted by Crippen LogP contribution is 2.17. The zero-order valence-electron chi connectivity index (χ0n) is 10.5. The summed E-state index contributed by atoms with van der Waals surface area (Å²) in [5, 5.41) is 9.09. The maximum absolute atomic E-state index is 11.0. The molecule has 1 aromatic carbocycles. The van der Waals surface area contributed by atoms with Crippen molar-refractivity contribution in [2.24, 2.45) is 11.8 Å². The highest BCUT2D eigenvalue weighted by Gasteiger charge is 2.16. The van der Waals surface area contributed by atoms with Crippen molar-refractivity contribution in [3.8, 4) is 0 Å². The van der Waals surface area contributed by atoms with Gasteiger partial charge in [0.1, 0.15) is 0 Å². The van der Waals surface area contributed by atoms with Crippen molar-refractivity contribution >= 4 is 12.0 Å². The zero-order valence-corrected chi connectivity index (χ0v) is 10.5. The first-order chi connectivity index (χ1) is 8.09. The second-order valence-corrected chi connectivity index (χ2v) is 4.71. The quantitative estimate of drug-likeness (QED) is 0.809. The molecule has 0 aliphatic carbocycles. The molecule has 0 aromatic heterocycles. The molecule has 1 atom stereocenters. The summed E-state index contributed by atoms with van der Waals surface area (Å²) in [5.41, 5.74) is 1.11. The molecule has 0 bridgehead atoms. The van der Waals surface area contributed by atoms with E-state index < -0.39 is 5.97 Å². The number of hydrogen-bond donors (Lipinski definition) is 1. The number of aliphatic carboxylic acids is 1. The molecule has 1 rings (SSSR count). The van der Waals surface area contributed by atoms with E-state index in [1.54, 1.807) is 0 Å². The minimum absolute atomic E-state index is 0.269. The van der Waals surface area contributed by atoms with Gasteiger partial charge in [0.25, 0.3) is 0 Å². The minimum Gasteiger partial charge on any atom is -0.481 e. The van der Waals surface area contributed by atoms with Crippen molar-refractivity contribution in [3.05, 3.63) is 42.0 Å². The number of benzene rings is 1.